The largest absolute Gasteiger partial charge is 0.465 e. The minimum atomic E-state index is 0.290. The summed E-state index contributed by atoms with van der Waals surface area (Å²) in [7, 11) is 0. The first-order chi connectivity index (χ1) is 12.8. The number of hydrogen-bond acceptors (Lipinski definition) is 4. The van der Waals surface area contributed by atoms with Gasteiger partial charge in [-0.3, -0.25) is 10.00 Å². The lowest BCUT2D eigenvalue weighted by atomic mass is 10.1. The maximum Gasteiger partial charge on any atom is 0.122 e. The Morgan fingerprint density at radius 2 is 1.96 bits per heavy atom. The van der Waals surface area contributed by atoms with E-state index in [-0.39, 0.29) is 0 Å². The topological polar surface area (TPSA) is 57.1 Å². The Kier molecular flexibility index (Phi) is 5.18. The van der Waals surface area contributed by atoms with Crippen molar-refractivity contribution in [2.45, 2.75) is 32.4 Å². The summed E-state index contributed by atoms with van der Waals surface area (Å²) in [6.45, 7) is 5.95. The second kappa shape index (κ2) is 7.89. The molecule has 3 heterocycles. The van der Waals surface area contributed by atoms with Crippen LogP contribution in [-0.4, -0.2) is 34.7 Å². The van der Waals surface area contributed by atoms with Crippen LogP contribution in [-0.2, 0) is 6.54 Å². The molecule has 2 N–H and O–H groups in total. The molecule has 1 aliphatic rings. The van der Waals surface area contributed by atoms with E-state index in [0.29, 0.717) is 6.04 Å². The zero-order chi connectivity index (χ0) is 17.8. The standard InChI is InChI=1S/C21H26N4O/c1-16-9-10-20(26-16)19(25-11-5-6-12-25)15-22-13-18-14-23-24-21(18)17-7-3-2-4-8-17/h2-4,7-10,14,19,22H,5-6,11-13,15H2,1H3,(H,23,24). The van der Waals surface area contributed by atoms with Gasteiger partial charge in [0.1, 0.15) is 11.5 Å². The number of aromatic nitrogens is 2. The van der Waals surface area contributed by atoms with Crippen molar-refractivity contribution in [1.29, 1.82) is 0 Å². The molecule has 3 aromatic rings. The molecular formula is C21H26N4O. The number of aryl methyl sites for hydroxylation is 1. The van der Waals surface area contributed by atoms with Gasteiger partial charge in [0.15, 0.2) is 0 Å². The van der Waals surface area contributed by atoms with Crippen LogP contribution < -0.4 is 5.32 Å². The number of furan rings is 1. The molecule has 0 amide bonds. The van der Waals surface area contributed by atoms with Crippen LogP contribution in [0.4, 0.5) is 0 Å². The molecule has 0 saturated carbocycles. The third kappa shape index (κ3) is 3.74. The summed E-state index contributed by atoms with van der Waals surface area (Å²) >= 11 is 0. The lowest BCUT2D eigenvalue weighted by Gasteiger charge is -2.26. The van der Waals surface area contributed by atoms with E-state index in [2.05, 4.69) is 56.8 Å². The van der Waals surface area contributed by atoms with E-state index >= 15 is 0 Å². The summed E-state index contributed by atoms with van der Waals surface area (Å²) in [4.78, 5) is 2.53. The van der Waals surface area contributed by atoms with Crippen LogP contribution in [0.2, 0.25) is 0 Å². The van der Waals surface area contributed by atoms with Gasteiger partial charge >= 0.3 is 0 Å². The van der Waals surface area contributed by atoms with Gasteiger partial charge in [0.2, 0.25) is 0 Å². The number of nitrogens with zero attached hydrogens (tertiary/aromatic N) is 2. The Bertz CT molecular complexity index is 817. The predicted molar refractivity (Wildman–Crippen MR) is 103 cm³/mol. The quantitative estimate of drug-likeness (QED) is 0.678. The van der Waals surface area contributed by atoms with Crippen molar-refractivity contribution in [2.24, 2.45) is 0 Å². The molecule has 0 bridgehead atoms. The Morgan fingerprint density at radius 1 is 1.15 bits per heavy atom. The fourth-order valence-electron chi connectivity index (χ4n) is 3.74. The maximum atomic E-state index is 5.94. The second-order valence-corrected chi connectivity index (χ2v) is 6.97. The fourth-order valence-corrected chi connectivity index (χ4v) is 3.74. The van der Waals surface area contributed by atoms with Crippen molar-refractivity contribution in [1.82, 2.24) is 20.4 Å². The molecule has 0 radical (unpaired) electrons. The zero-order valence-corrected chi connectivity index (χ0v) is 15.2. The lowest BCUT2D eigenvalue weighted by molar-refractivity contribution is 0.207. The molecule has 26 heavy (non-hydrogen) atoms. The number of likely N-dealkylation sites (tertiary alicyclic amines) is 1. The summed E-state index contributed by atoms with van der Waals surface area (Å²) in [5.74, 6) is 2.04. The van der Waals surface area contributed by atoms with E-state index in [9.17, 15) is 0 Å². The van der Waals surface area contributed by atoms with E-state index < -0.39 is 0 Å². The minimum absolute atomic E-state index is 0.290. The van der Waals surface area contributed by atoms with Gasteiger partial charge in [-0.25, -0.2) is 0 Å². The highest BCUT2D eigenvalue weighted by molar-refractivity contribution is 5.62. The highest BCUT2D eigenvalue weighted by Crippen LogP contribution is 2.26. The zero-order valence-electron chi connectivity index (χ0n) is 15.2. The SMILES string of the molecule is Cc1ccc(C(CNCc2cn[nH]c2-c2ccccc2)N2CCCC2)o1. The number of rotatable bonds is 7. The highest BCUT2D eigenvalue weighted by atomic mass is 16.3. The molecule has 1 saturated heterocycles. The molecule has 136 valence electrons. The van der Waals surface area contributed by atoms with Gasteiger partial charge in [-0.2, -0.15) is 5.10 Å². The van der Waals surface area contributed by atoms with Crippen LogP contribution in [0.15, 0.2) is 53.1 Å². The Labute approximate surface area is 154 Å². The predicted octanol–water partition coefficient (Wildman–Crippen LogP) is 3.90. The number of aromatic amines is 1. The average Bonchev–Trinajstić information content (AvgIpc) is 3.42. The van der Waals surface area contributed by atoms with Gasteiger partial charge < -0.3 is 9.73 Å². The third-order valence-electron chi connectivity index (χ3n) is 5.10. The van der Waals surface area contributed by atoms with Crippen molar-refractivity contribution < 1.29 is 4.42 Å². The molecule has 5 nitrogen and oxygen atoms in total. The average molecular weight is 350 g/mol. The van der Waals surface area contributed by atoms with Crippen LogP contribution in [0.25, 0.3) is 11.3 Å². The van der Waals surface area contributed by atoms with Gasteiger partial charge in [0, 0.05) is 18.7 Å². The molecule has 0 spiro atoms. The number of H-pyrrole nitrogens is 1. The molecule has 1 fully saturated rings. The van der Waals surface area contributed by atoms with Gasteiger partial charge in [-0.05, 0) is 50.6 Å². The van der Waals surface area contributed by atoms with E-state index in [0.717, 1.165) is 43.4 Å². The van der Waals surface area contributed by atoms with E-state index in [4.69, 9.17) is 4.42 Å². The van der Waals surface area contributed by atoms with Gasteiger partial charge in [0.25, 0.3) is 0 Å². The van der Waals surface area contributed by atoms with Crippen molar-refractivity contribution in [3.8, 4) is 11.3 Å². The molecule has 4 rings (SSSR count). The van der Waals surface area contributed by atoms with Crippen molar-refractivity contribution in [2.75, 3.05) is 19.6 Å². The van der Waals surface area contributed by atoms with Gasteiger partial charge in [-0.1, -0.05) is 30.3 Å². The summed E-state index contributed by atoms with van der Waals surface area (Å²) in [5.41, 5.74) is 3.44. The van der Waals surface area contributed by atoms with Crippen LogP contribution >= 0.6 is 0 Å². The van der Waals surface area contributed by atoms with Crippen molar-refractivity contribution in [3.63, 3.8) is 0 Å². The maximum absolute atomic E-state index is 5.94. The molecule has 1 atom stereocenters. The highest BCUT2D eigenvalue weighted by Gasteiger charge is 2.25. The Balaban J connectivity index is 1.43. The smallest absolute Gasteiger partial charge is 0.122 e. The van der Waals surface area contributed by atoms with Crippen LogP contribution in [0.1, 0.15) is 36.0 Å². The van der Waals surface area contributed by atoms with Crippen LogP contribution in [0.5, 0.6) is 0 Å². The minimum Gasteiger partial charge on any atom is -0.465 e. The number of hydrogen-bond donors (Lipinski definition) is 2. The number of nitrogens with one attached hydrogen (secondary N) is 2. The Morgan fingerprint density at radius 3 is 2.69 bits per heavy atom. The molecule has 1 unspecified atom stereocenters. The molecule has 1 aromatic carbocycles. The third-order valence-corrected chi connectivity index (χ3v) is 5.10. The second-order valence-electron chi connectivity index (χ2n) is 6.97. The number of benzene rings is 1. The first-order valence-electron chi connectivity index (χ1n) is 9.40. The lowest BCUT2D eigenvalue weighted by Crippen LogP contribution is -2.33. The van der Waals surface area contributed by atoms with Crippen molar-refractivity contribution >= 4 is 0 Å². The summed E-state index contributed by atoms with van der Waals surface area (Å²) < 4.78 is 5.94. The first kappa shape index (κ1) is 17.1. The van der Waals surface area contributed by atoms with E-state index in [1.165, 1.54) is 24.0 Å². The molecule has 1 aliphatic heterocycles. The van der Waals surface area contributed by atoms with Crippen LogP contribution in [0, 0.1) is 6.92 Å². The first-order valence-corrected chi connectivity index (χ1v) is 9.40. The van der Waals surface area contributed by atoms with Gasteiger partial charge in [0.05, 0.1) is 17.9 Å². The van der Waals surface area contributed by atoms with Gasteiger partial charge in [-0.15, -0.1) is 0 Å². The summed E-state index contributed by atoms with van der Waals surface area (Å²) in [6, 6.07) is 14.8. The van der Waals surface area contributed by atoms with E-state index in [1.807, 2.05) is 19.2 Å². The molecule has 2 aromatic heterocycles. The Hall–Kier alpha value is -2.37. The summed E-state index contributed by atoms with van der Waals surface area (Å²) in [5, 5.41) is 11.0. The summed E-state index contributed by atoms with van der Waals surface area (Å²) in [6.07, 6.45) is 4.46. The normalized spacial score (nSPS) is 16.2. The van der Waals surface area contributed by atoms with Crippen molar-refractivity contribution in [3.05, 3.63) is 65.7 Å². The molecule has 0 aliphatic carbocycles. The fraction of sp³-hybridized carbons (Fsp3) is 0.381. The molecule has 5 heteroatoms. The molecular weight excluding hydrogens is 324 g/mol. The van der Waals surface area contributed by atoms with E-state index in [1.54, 1.807) is 0 Å². The monoisotopic (exact) mass is 350 g/mol. The van der Waals surface area contributed by atoms with Crippen LogP contribution in [0.3, 0.4) is 0 Å².